The summed E-state index contributed by atoms with van der Waals surface area (Å²) in [4.78, 5) is 14.9. The first-order valence-corrected chi connectivity index (χ1v) is 10.3. The Labute approximate surface area is 178 Å². The van der Waals surface area contributed by atoms with Gasteiger partial charge in [-0.2, -0.15) is 5.26 Å². The summed E-state index contributed by atoms with van der Waals surface area (Å²) in [6.45, 7) is 5.19. The quantitative estimate of drug-likeness (QED) is 0.570. The van der Waals surface area contributed by atoms with Crippen LogP contribution < -0.4 is 5.32 Å². The number of anilines is 1. The van der Waals surface area contributed by atoms with E-state index in [1.165, 1.54) is 5.56 Å². The van der Waals surface area contributed by atoms with Gasteiger partial charge in [-0.1, -0.05) is 67.6 Å². The molecule has 0 bridgehead atoms. The molecule has 0 aromatic heterocycles. The van der Waals surface area contributed by atoms with Crippen LogP contribution in [0, 0.1) is 11.3 Å². The lowest BCUT2D eigenvalue weighted by atomic mass is 10.0. The van der Waals surface area contributed by atoms with Crippen LogP contribution in [-0.2, 0) is 11.2 Å². The monoisotopic (exact) mass is 397 g/mol. The van der Waals surface area contributed by atoms with Gasteiger partial charge in [0.2, 0.25) is 5.91 Å². The number of carbonyl (C=O) groups excluding carboxylic acids is 1. The molecule has 0 radical (unpaired) electrons. The minimum absolute atomic E-state index is 0.0298. The summed E-state index contributed by atoms with van der Waals surface area (Å²) in [5.74, 6) is -0.0298. The molecule has 4 heteroatoms. The fourth-order valence-corrected chi connectivity index (χ4v) is 3.56. The number of hydrogen-bond acceptors (Lipinski definition) is 3. The molecule has 0 saturated heterocycles. The molecule has 152 valence electrons. The van der Waals surface area contributed by atoms with Gasteiger partial charge in [-0.3, -0.25) is 9.69 Å². The molecule has 0 aliphatic carbocycles. The smallest absolute Gasteiger partial charge is 0.238 e. The summed E-state index contributed by atoms with van der Waals surface area (Å²) in [6, 6.07) is 28.0. The third-order valence-electron chi connectivity index (χ3n) is 5.35. The zero-order valence-electron chi connectivity index (χ0n) is 17.5. The maximum Gasteiger partial charge on any atom is 0.238 e. The van der Waals surface area contributed by atoms with Crippen molar-refractivity contribution < 1.29 is 4.79 Å². The lowest BCUT2D eigenvalue weighted by molar-refractivity contribution is -0.117. The molecule has 0 spiro atoms. The molecular weight excluding hydrogens is 370 g/mol. The van der Waals surface area contributed by atoms with Crippen molar-refractivity contribution in [2.24, 2.45) is 0 Å². The first-order valence-electron chi connectivity index (χ1n) is 10.3. The molecule has 0 heterocycles. The normalized spacial score (nSPS) is 11.7. The van der Waals surface area contributed by atoms with Crippen molar-refractivity contribution in [2.75, 3.05) is 18.4 Å². The van der Waals surface area contributed by atoms with E-state index < -0.39 is 0 Å². The van der Waals surface area contributed by atoms with Crippen LogP contribution in [0.3, 0.4) is 0 Å². The third-order valence-corrected chi connectivity index (χ3v) is 5.35. The van der Waals surface area contributed by atoms with Crippen molar-refractivity contribution in [3.05, 3.63) is 101 Å². The Morgan fingerprint density at radius 1 is 1.00 bits per heavy atom. The lowest BCUT2D eigenvalue weighted by Gasteiger charge is -2.27. The molecule has 0 saturated carbocycles. The number of nitrogens with one attached hydrogen (secondary N) is 1. The Hall–Kier alpha value is -3.42. The van der Waals surface area contributed by atoms with Crippen LogP contribution >= 0.6 is 0 Å². The topological polar surface area (TPSA) is 56.1 Å². The Bertz CT molecular complexity index is 1010. The number of carbonyl (C=O) groups is 1. The van der Waals surface area contributed by atoms with Crippen LogP contribution in [-0.4, -0.2) is 23.9 Å². The van der Waals surface area contributed by atoms with E-state index in [1.54, 1.807) is 0 Å². The van der Waals surface area contributed by atoms with Crippen LogP contribution in [0.5, 0.6) is 0 Å². The van der Waals surface area contributed by atoms with Crippen molar-refractivity contribution in [3.63, 3.8) is 0 Å². The second kappa shape index (κ2) is 10.4. The Morgan fingerprint density at radius 2 is 1.67 bits per heavy atom. The molecule has 0 aliphatic rings. The highest BCUT2D eigenvalue weighted by Gasteiger charge is 2.18. The van der Waals surface area contributed by atoms with Gasteiger partial charge in [-0.25, -0.2) is 0 Å². The van der Waals surface area contributed by atoms with Crippen molar-refractivity contribution in [3.8, 4) is 6.07 Å². The first-order chi connectivity index (χ1) is 14.6. The predicted octanol–water partition coefficient (Wildman–Crippen LogP) is 5.17. The molecule has 0 fully saturated rings. The van der Waals surface area contributed by atoms with Crippen LogP contribution in [0.15, 0.2) is 78.9 Å². The maximum atomic E-state index is 12.8. The molecule has 0 aliphatic heterocycles. The van der Waals surface area contributed by atoms with Crippen molar-refractivity contribution >= 4 is 11.6 Å². The molecule has 30 heavy (non-hydrogen) atoms. The van der Waals surface area contributed by atoms with E-state index in [0.29, 0.717) is 12.1 Å². The minimum Gasteiger partial charge on any atom is -0.325 e. The molecule has 4 nitrogen and oxygen atoms in total. The van der Waals surface area contributed by atoms with Gasteiger partial charge in [0.1, 0.15) is 0 Å². The van der Waals surface area contributed by atoms with Gasteiger partial charge in [0.15, 0.2) is 0 Å². The molecule has 1 atom stereocenters. The van der Waals surface area contributed by atoms with E-state index >= 15 is 0 Å². The highest BCUT2D eigenvalue weighted by Crippen LogP contribution is 2.22. The van der Waals surface area contributed by atoms with E-state index in [2.05, 4.69) is 48.3 Å². The molecular formula is C26H27N3O. The highest BCUT2D eigenvalue weighted by molar-refractivity contribution is 5.93. The zero-order valence-corrected chi connectivity index (χ0v) is 17.5. The Kier molecular flexibility index (Phi) is 7.37. The largest absolute Gasteiger partial charge is 0.325 e. The average molecular weight is 398 g/mol. The van der Waals surface area contributed by atoms with Gasteiger partial charge in [0.05, 0.1) is 18.2 Å². The molecule has 1 unspecified atom stereocenters. The van der Waals surface area contributed by atoms with Gasteiger partial charge in [0, 0.05) is 11.7 Å². The van der Waals surface area contributed by atoms with Gasteiger partial charge in [-0.15, -0.1) is 0 Å². The fourth-order valence-electron chi connectivity index (χ4n) is 3.56. The van der Waals surface area contributed by atoms with Crippen LogP contribution in [0.2, 0.25) is 0 Å². The van der Waals surface area contributed by atoms with Crippen molar-refractivity contribution in [2.45, 2.75) is 26.3 Å². The Balaban J connectivity index is 1.67. The van der Waals surface area contributed by atoms with Crippen LogP contribution in [0.1, 0.15) is 42.1 Å². The molecule has 3 aromatic carbocycles. The molecule has 3 rings (SSSR count). The summed E-state index contributed by atoms with van der Waals surface area (Å²) in [7, 11) is 0. The standard InChI is InChI=1S/C26H27N3O/c1-3-29(20(2)23-15-13-22(18-27)14-16-23)19-26(30)28-25-12-8-7-11-24(25)17-21-9-5-4-6-10-21/h4-16,20H,3,17,19H2,1-2H3,(H,28,30). The SMILES string of the molecule is CCN(CC(=O)Nc1ccccc1Cc1ccccc1)C(C)c1ccc(C#N)cc1. The number of benzene rings is 3. The van der Waals surface area contributed by atoms with Crippen molar-refractivity contribution in [1.29, 1.82) is 5.26 Å². The van der Waals surface area contributed by atoms with Gasteiger partial charge in [0.25, 0.3) is 0 Å². The predicted molar refractivity (Wildman–Crippen MR) is 121 cm³/mol. The maximum absolute atomic E-state index is 12.8. The second-order valence-electron chi connectivity index (χ2n) is 7.34. The number of likely N-dealkylation sites (N-methyl/N-ethyl adjacent to an activating group) is 1. The molecule has 1 N–H and O–H groups in total. The number of nitriles is 1. The summed E-state index contributed by atoms with van der Waals surface area (Å²) >= 11 is 0. The first kappa shape index (κ1) is 21.3. The fraction of sp³-hybridized carbons (Fsp3) is 0.231. The summed E-state index contributed by atoms with van der Waals surface area (Å²) in [5.41, 5.74) is 4.90. The second-order valence-corrected chi connectivity index (χ2v) is 7.34. The van der Waals surface area contributed by atoms with E-state index in [-0.39, 0.29) is 11.9 Å². The van der Waals surface area contributed by atoms with E-state index in [4.69, 9.17) is 5.26 Å². The molecule has 1 amide bonds. The third kappa shape index (κ3) is 5.56. The van der Waals surface area contributed by atoms with Gasteiger partial charge < -0.3 is 5.32 Å². The van der Waals surface area contributed by atoms with Gasteiger partial charge in [-0.05, 0) is 54.8 Å². The number of para-hydroxylation sites is 1. The van der Waals surface area contributed by atoms with E-state index in [1.807, 2.05) is 60.7 Å². The van der Waals surface area contributed by atoms with E-state index in [0.717, 1.165) is 29.8 Å². The minimum atomic E-state index is -0.0298. The highest BCUT2D eigenvalue weighted by atomic mass is 16.2. The lowest BCUT2D eigenvalue weighted by Crippen LogP contribution is -2.35. The summed E-state index contributed by atoms with van der Waals surface area (Å²) < 4.78 is 0. The zero-order chi connectivity index (χ0) is 21.3. The number of hydrogen-bond donors (Lipinski definition) is 1. The number of amides is 1. The number of nitrogens with zero attached hydrogens (tertiary/aromatic N) is 2. The van der Waals surface area contributed by atoms with Crippen LogP contribution in [0.25, 0.3) is 0 Å². The van der Waals surface area contributed by atoms with Crippen molar-refractivity contribution in [1.82, 2.24) is 4.90 Å². The summed E-state index contributed by atoms with van der Waals surface area (Å²) in [5, 5.41) is 12.1. The van der Waals surface area contributed by atoms with Gasteiger partial charge >= 0.3 is 0 Å². The van der Waals surface area contributed by atoms with Crippen LogP contribution in [0.4, 0.5) is 5.69 Å². The van der Waals surface area contributed by atoms with E-state index in [9.17, 15) is 4.79 Å². The molecule has 3 aromatic rings. The number of rotatable bonds is 8. The Morgan fingerprint density at radius 3 is 2.33 bits per heavy atom. The average Bonchev–Trinajstić information content (AvgIpc) is 2.79. The summed E-state index contributed by atoms with van der Waals surface area (Å²) in [6.07, 6.45) is 0.774.